The van der Waals surface area contributed by atoms with Crippen LogP contribution in [0.3, 0.4) is 0 Å². The molecule has 0 amide bonds. The van der Waals surface area contributed by atoms with Crippen LogP contribution in [0.15, 0.2) is 29.3 Å². The second-order valence-electron chi connectivity index (χ2n) is 3.99. The molecule has 0 bridgehead atoms. The quantitative estimate of drug-likeness (QED) is 0.237. The number of hydrogen-bond donors (Lipinski definition) is 3. The first-order valence-corrected chi connectivity index (χ1v) is 6.16. The van der Waals surface area contributed by atoms with Crippen molar-refractivity contribution < 1.29 is 4.74 Å². The standard InChI is InChI=1S/C13H22N4O/c1-3-4-8-15-13(17-14)16-12-7-5-6-11(9-12)10-18-2/h5-7,9H,3-4,8,10,14H2,1-2H3,(H2,15,16,17). The molecule has 1 aromatic rings. The average Bonchev–Trinajstić information content (AvgIpc) is 2.38. The summed E-state index contributed by atoms with van der Waals surface area (Å²) in [6.45, 7) is 3.49. The van der Waals surface area contributed by atoms with Gasteiger partial charge < -0.3 is 10.1 Å². The number of benzene rings is 1. The van der Waals surface area contributed by atoms with Gasteiger partial charge in [-0.05, 0) is 24.1 Å². The first-order chi connectivity index (χ1) is 8.80. The van der Waals surface area contributed by atoms with Gasteiger partial charge in [0, 0.05) is 19.3 Å². The summed E-state index contributed by atoms with van der Waals surface area (Å²) in [5, 5.41) is 3.14. The third-order valence-corrected chi connectivity index (χ3v) is 2.42. The zero-order valence-electron chi connectivity index (χ0n) is 11.1. The van der Waals surface area contributed by atoms with Crippen LogP contribution in [-0.2, 0) is 11.3 Å². The Morgan fingerprint density at radius 3 is 2.94 bits per heavy atom. The second kappa shape index (κ2) is 8.49. The number of hydrogen-bond acceptors (Lipinski definition) is 3. The molecule has 0 atom stereocenters. The predicted molar refractivity (Wildman–Crippen MR) is 75.3 cm³/mol. The summed E-state index contributed by atoms with van der Waals surface area (Å²) in [7, 11) is 1.68. The molecule has 0 radical (unpaired) electrons. The van der Waals surface area contributed by atoms with Gasteiger partial charge in [0.15, 0.2) is 0 Å². The van der Waals surface area contributed by atoms with Crippen LogP contribution in [0.2, 0.25) is 0 Å². The number of nitrogens with two attached hydrogens (primary N) is 1. The Balaban J connectivity index is 2.63. The van der Waals surface area contributed by atoms with E-state index in [2.05, 4.69) is 22.7 Å². The van der Waals surface area contributed by atoms with Gasteiger partial charge in [-0.25, -0.2) is 5.84 Å². The maximum absolute atomic E-state index is 5.43. The Hall–Kier alpha value is -1.59. The van der Waals surface area contributed by atoms with Gasteiger partial charge in [-0.1, -0.05) is 25.5 Å². The minimum atomic E-state index is 0.581. The molecule has 0 spiro atoms. The SMILES string of the molecule is CCCCN=C(NN)Nc1cccc(COC)c1. The van der Waals surface area contributed by atoms with E-state index in [4.69, 9.17) is 10.6 Å². The Morgan fingerprint density at radius 2 is 2.28 bits per heavy atom. The Morgan fingerprint density at radius 1 is 1.44 bits per heavy atom. The zero-order chi connectivity index (χ0) is 13.2. The summed E-state index contributed by atoms with van der Waals surface area (Å²) in [5.41, 5.74) is 4.62. The van der Waals surface area contributed by atoms with Crippen LogP contribution in [0.4, 0.5) is 5.69 Å². The number of ether oxygens (including phenoxy) is 1. The van der Waals surface area contributed by atoms with Gasteiger partial charge in [-0.2, -0.15) is 0 Å². The molecule has 0 saturated heterocycles. The highest BCUT2D eigenvalue weighted by atomic mass is 16.5. The second-order valence-corrected chi connectivity index (χ2v) is 3.99. The van der Waals surface area contributed by atoms with Crippen molar-refractivity contribution in [3.63, 3.8) is 0 Å². The van der Waals surface area contributed by atoms with Crippen LogP contribution in [0.1, 0.15) is 25.3 Å². The number of hydrazine groups is 1. The number of anilines is 1. The lowest BCUT2D eigenvalue weighted by Crippen LogP contribution is -2.36. The highest BCUT2D eigenvalue weighted by Gasteiger charge is 1.99. The third kappa shape index (κ3) is 5.16. The smallest absolute Gasteiger partial charge is 0.210 e. The largest absolute Gasteiger partial charge is 0.380 e. The molecular weight excluding hydrogens is 228 g/mol. The van der Waals surface area contributed by atoms with E-state index in [1.807, 2.05) is 24.3 Å². The maximum atomic E-state index is 5.43. The number of unbranched alkanes of at least 4 members (excludes halogenated alkanes) is 1. The number of methoxy groups -OCH3 is 1. The fourth-order valence-electron chi connectivity index (χ4n) is 1.51. The van der Waals surface area contributed by atoms with Gasteiger partial charge in [0.1, 0.15) is 0 Å². The molecule has 0 saturated carbocycles. The highest BCUT2D eigenvalue weighted by molar-refractivity contribution is 5.93. The summed E-state index contributed by atoms with van der Waals surface area (Å²) in [5.74, 6) is 6.01. The van der Waals surface area contributed by atoms with E-state index in [1.165, 1.54) is 0 Å². The van der Waals surface area contributed by atoms with Gasteiger partial charge in [0.25, 0.3) is 0 Å². The molecule has 0 heterocycles. The molecule has 1 rings (SSSR count). The third-order valence-electron chi connectivity index (χ3n) is 2.42. The average molecular weight is 250 g/mol. The fraction of sp³-hybridized carbons (Fsp3) is 0.462. The topological polar surface area (TPSA) is 71.7 Å². The molecule has 4 N–H and O–H groups in total. The molecule has 1 aromatic carbocycles. The van der Waals surface area contributed by atoms with E-state index in [-0.39, 0.29) is 0 Å². The van der Waals surface area contributed by atoms with Crippen LogP contribution in [0.5, 0.6) is 0 Å². The lowest BCUT2D eigenvalue weighted by Gasteiger charge is -2.10. The molecule has 100 valence electrons. The van der Waals surface area contributed by atoms with Crippen LogP contribution >= 0.6 is 0 Å². The zero-order valence-corrected chi connectivity index (χ0v) is 11.1. The van der Waals surface area contributed by atoms with Crippen molar-refractivity contribution in [3.05, 3.63) is 29.8 Å². The van der Waals surface area contributed by atoms with Gasteiger partial charge in [0.2, 0.25) is 5.96 Å². The molecular formula is C13H22N4O. The van der Waals surface area contributed by atoms with Crippen LogP contribution in [0, 0.1) is 0 Å². The lowest BCUT2D eigenvalue weighted by atomic mass is 10.2. The summed E-state index contributed by atoms with van der Waals surface area (Å²) >= 11 is 0. The number of guanidine groups is 1. The van der Waals surface area contributed by atoms with Gasteiger partial charge in [0.05, 0.1) is 6.61 Å². The number of aliphatic imine (C=N–C) groups is 1. The van der Waals surface area contributed by atoms with Gasteiger partial charge >= 0.3 is 0 Å². The minimum Gasteiger partial charge on any atom is -0.380 e. The summed E-state index contributed by atoms with van der Waals surface area (Å²) in [6, 6.07) is 7.96. The summed E-state index contributed by atoms with van der Waals surface area (Å²) < 4.78 is 5.10. The highest BCUT2D eigenvalue weighted by Crippen LogP contribution is 2.11. The van der Waals surface area contributed by atoms with Gasteiger partial charge in [-0.3, -0.25) is 10.4 Å². The lowest BCUT2D eigenvalue weighted by molar-refractivity contribution is 0.185. The van der Waals surface area contributed by atoms with Crippen molar-refractivity contribution in [3.8, 4) is 0 Å². The predicted octanol–water partition coefficient (Wildman–Crippen LogP) is 1.86. The van der Waals surface area contributed by atoms with E-state index in [0.29, 0.717) is 12.6 Å². The van der Waals surface area contributed by atoms with Crippen LogP contribution in [-0.4, -0.2) is 19.6 Å². The van der Waals surface area contributed by atoms with Crippen molar-refractivity contribution >= 4 is 11.6 Å². The minimum absolute atomic E-state index is 0.581. The van der Waals surface area contributed by atoms with Gasteiger partial charge in [-0.15, -0.1) is 0 Å². The normalized spacial score (nSPS) is 11.4. The van der Waals surface area contributed by atoms with Crippen molar-refractivity contribution in [1.29, 1.82) is 0 Å². The molecule has 0 aliphatic carbocycles. The van der Waals surface area contributed by atoms with E-state index in [9.17, 15) is 0 Å². The molecule has 0 unspecified atom stereocenters. The monoisotopic (exact) mass is 250 g/mol. The first kappa shape index (κ1) is 14.5. The Bertz CT molecular complexity index is 379. The molecule has 0 aromatic heterocycles. The number of nitrogens with one attached hydrogen (secondary N) is 2. The first-order valence-electron chi connectivity index (χ1n) is 6.16. The Labute approximate surface area is 108 Å². The number of nitrogens with zero attached hydrogens (tertiary/aromatic N) is 1. The van der Waals surface area contributed by atoms with E-state index >= 15 is 0 Å². The molecule has 0 aliphatic heterocycles. The van der Waals surface area contributed by atoms with Crippen molar-refractivity contribution in [2.45, 2.75) is 26.4 Å². The van der Waals surface area contributed by atoms with Crippen molar-refractivity contribution in [2.75, 3.05) is 19.0 Å². The van der Waals surface area contributed by atoms with Crippen molar-refractivity contribution in [2.24, 2.45) is 10.8 Å². The van der Waals surface area contributed by atoms with Crippen molar-refractivity contribution in [1.82, 2.24) is 5.43 Å². The molecule has 5 nitrogen and oxygen atoms in total. The summed E-state index contributed by atoms with van der Waals surface area (Å²) in [4.78, 5) is 4.34. The Kier molecular flexibility index (Phi) is 6.83. The number of rotatable bonds is 6. The molecule has 5 heteroatoms. The maximum Gasteiger partial charge on any atom is 0.210 e. The molecule has 0 aliphatic rings. The van der Waals surface area contributed by atoms with E-state index in [1.54, 1.807) is 7.11 Å². The van der Waals surface area contributed by atoms with E-state index in [0.717, 1.165) is 30.6 Å². The molecule has 0 fully saturated rings. The molecule has 18 heavy (non-hydrogen) atoms. The summed E-state index contributed by atoms with van der Waals surface area (Å²) in [6.07, 6.45) is 2.17. The van der Waals surface area contributed by atoms with Crippen LogP contribution < -0.4 is 16.6 Å². The van der Waals surface area contributed by atoms with E-state index < -0.39 is 0 Å². The fourth-order valence-corrected chi connectivity index (χ4v) is 1.51. The van der Waals surface area contributed by atoms with Crippen LogP contribution in [0.25, 0.3) is 0 Å².